The van der Waals surface area contributed by atoms with Crippen LogP contribution in [0.4, 0.5) is 13.6 Å². The molecule has 5 rings (SSSR count). The maximum atomic E-state index is 13.5. The highest BCUT2D eigenvalue weighted by molar-refractivity contribution is 6.11. The summed E-state index contributed by atoms with van der Waals surface area (Å²) in [6, 6.07) is 7.77. The zero-order valence-electron chi connectivity index (χ0n) is 16.9. The first-order valence-corrected chi connectivity index (χ1v) is 10.2. The number of nitrogens with one attached hydrogen (secondary N) is 2. The second kappa shape index (κ2) is 7.18. The van der Waals surface area contributed by atoms with Gasteiger partial charge in [0.05, 0.1) is 24.0 Å². The predicted molar refractivity (Wildman–Crippen MR) is 110 cm³/mol. The van der Waals surface area contributed by atoms with Crippen LogP contribution in [0.2, 0.25) is 0 Å². The number of fused-ring (bicyclic) bond motifs is 1. The minimum absolute atomic E-state index is 0.142. The van der Waals surface area contributed by atoms with E-state index in [2.05, 4.69) is 20.5 Å². The smallest absolute Gasteiger partial charge is 0.323 e. The van der Waals surface area contributed by atoms with Crippen LogP contribution in [-0.2, 0) is 4.79 Å². The summed E-state index contributed by atoms with van der Waals surface area (Å²) in [7, 11) is 0. The number of nitrogens with zero attached hydrogens (tertiary/aromatic N) is 3. The first kappa shape index (κ1) is 20.2. The first-order chi connectivity index (χ1) is 15.3. The summed E-state index contributed by atoms with van der Waals surface area (Å²) in [5.74, 6) is -3.87. The number of pyridine rings is 1. The van der Waals surface area contributed by atoms with Crippen molar-refractivity contribution < 1.29 is 23.2 Å². The van der Waals surface area contributed by atoms with Gasteiger partial charge in [-0.3, -0.25) is 24.6 Å². The maximum Gasteiger partial charge on any atom is 0.325 e. The van der Waals surface area contributed by atoms with Crippen molar-refractivity contribution in [3.05, 3.63) is 48.3 Å². The highest BCUT2D eigenvalue weighted by Gasteiger charge is 2.55. The fourth-order valence-corrected chi connectivity index (χ4v) is 4.35. The van der Waals surface area contributed by atoms with Crippen LogP contribution in [0, 0.1) is 0 Å². The third-order valence-corrected chi connectivity index (χ3v) is 6.23. The molecule has 32 heavy (non-hydrogen) atoms. The number of aromatic amines is 1. The van der Waals surface area contributed by atoms with Gasteiger partial charge in [0.25, 0.3) is 5.91 Å². The normalized spacial score (nSPS) is 19.5. The van der Waals surface area contributed by atoms with Crippen molar-refractivity contribution in [2.75, 3.05) is 6.54 Å². The van der Waals surface area contributed by atoms with E-state index in [-0.39, 0.29) is 12.8 Å². The lowest BCUT2D eigenvalue weighted by Gasteiger charge is -2.34. The molecule has 1 saturated carbocycles. The number of hydrogen-bond acceptors (Lipinski definition) is 5. The van der Waals surface area contributed by atoms with E-state index >= 15 is 0 Å². The summed E-state index contributed by atoms with van der Waals surface area (Å²) < 4.78 is 27.0. The molecule has 8 nitrogen and oxygen atoms in total. The molecule has 0 atom stereocenters. The molecule has 1 aliphatic heterocycles. The van der Waals surface area contributed by atoms with Gasteiger partial charge in [-0.25, -0.2) is 13.6 Å². The number of rotatable bonds is 4. The third-order valence-electron chi connectivity index (χ3n) is 6.23. The largest absolute Gasteiger partial charge is 0.325 e. The molecule has 3 heterocycles. The lowest BCUT2D eigenvalue weighted by Crippen LogP contribution is -2.51. The minimum Gasteiger partial charge on any atom is -0.323 e. The van der Waals surface area contributed by atoms with Gasteiger partial charge in [0.1, 0.15) is 5.54 Å². The number of halogens is 2. The number of H-pyrrole nitrogens is 1. The van der Waals surface area contributed by atoms with Crippen molar-refractivity contribution in [2.45, 2.75) is 37.1 Å². The molecule has 1 aliphatic carbocycles. The van der Waals surface area contributed by atoms with Gasteiger partial charge >= 0.3 is 6.03 Å². The molecular formula is C22H19F2N5O3. The van der Waals surface area contributed by atoms with Crippen LogP contribution in [0.3, 0.4) is 0 Å². The molecule has 1 aromatic carbocycles. The van der Waals surface area contributed by atoms with Gasteiger partial charge in [0.2, 0.25) is 5.92 Å². The van der Waals surface area contributed by atoms with E-state index in [4.69, 9.17) is 0 Å². The maximum absolute atomic E-state index is 13.5. The second-order valence-electron chi connectivity index (χ2n) is 8.25. The molecule has 3 aromatic rings. The number of amides is 3. The van der Waals surface area contributed by atoms with Gasteiger partial charge in [-0.2, -0.15) is 5.10 Å². The number of alkyl halides is 2. The Morgan fingerprint density at radius 1 is 1.06 bits per heavy atom. The molecule has 2 aliphatic rings. The van der Waals surface area contributed by atoms with E-state index in [0.717, 1.165) is 21.4 Å². The van der Waals surface area contributed by atoms with Crippen molar-refractivity contribution >= 4 is 28.6 Å². The average Bonchev–Trinajstić information content (AvgIpc) is 3.35. The Morgan fingerprint density at radius 2 is 1.78 bits per heavy atom. The first-order valence-electron chi connectivity index (χ1n) is 10.2. The van der Waals surface area contributed by atoms with E-state index in [0.29, 0.717) is 11.3 Å². The quantitative estimate of drug-likeness (QED) is 0.479. The van der Waals surface area contributed by atoms with Gasteiger partial charge < -0.3 is 5.32 Å². The molecule has 164 valence electrons. The van der Waals surface area contributed by atoms with E-state index < -0.39 is 48.6 Å². The topological polar surface area (TPSA) is 108 Å². The summed E-state index contributed by atoms with van der Waals surface area (Å²) in [6.07, 6.45) is 2.10. The fraction of sp³-hybridized carbons (Fsp3) is 0.318. The number of hydrogen-bond donors (Lipinski definition) is 2. The fourth-order valence-electron chi connectivity index (χ4n) is 4.35. The molecular weight excluding hydrogens is 420 g/mol. The summed E-state index contributed by atoms with van der Waals surface area (Å²) in [5.41, 5.74) is 1.32. The van der Waals surface area contributed by atoms with Crippen LogP contribution < -0.4 is 5.32 Å². The lowest BCUT2D eigenvalue weighted by molar-refractivity contribution is -0.135. The van der Waals surface area contributed by atoms with Crippen molar-refractivity contribution in [3.8, 4) is 11.3 Å². The van der Waals surface area contributed by atoms with E-state index in [1.54, 1.807) is 36.7 Å². The number of carbonyl (C=O) groups is 3. The molecule has 2 fully saturated rings. The molecule has 3 amide bonds. The molecule has 2 aromatic heterocycles. The number of benzene rings is 1. The van der Waals surface area contributed by atoms with Crippen LogP contribution in [0.15, 0.2) is 42.7 Å². The number of ketones is 1. The Labute approximate surface area is 181 Å². The van der Waals surface area contributed by atoms with E-state index in [9.17, 15) is 23.2 Å². The highest BCUT2D eigenvalue weighted by Crippen LogP contribution is 2.41. The van der Waals surface area contributed by atoms with Crippen molar-refractivity contribution in [3.63, 3.8) is 0 Å². The van der Waals surface area contributed by atoms with Crippen molar-refractivity contribution in [1.29, 1.82) is 0 Å². The van der Waals surface area contributed by atoms with Crippen LogP contribution in [0.5, 0.6) is 0 Å². The number of Topliss-reactive ketones (excluding diaryl/α,β-unsaturated/α-hetero) is 1. The molecule has 10 heteroatoms. The Bertz CT molecular complexity index is 1230. The standard InChI is InChI=1S/C22H19F2N5O3/c23-22(24)8-6-21(7-9-22)19(31)29(20(32)27-21)12-17(30)13-1-3-14(4-2-13)18-15-11-26-28-16(15)5-10-25-18/h1-5,10-11H,6-9,12H2,(H,26,28)(H,27,32). The average molecular weight is 439 g/mol. The summed E-state index contributed by atoms with van der Waals surface area (Å²) in [5, 5.41) is 10.3. The molecule has 0 radical (unpaired) electrons. The number of imide groups is 1. The zero-order chi connectivity index (χ0) is 22.5. The van der Waals surface area contributed by atoms with Gasteiger partial charge in [-0.15, -0.1) is 0 Å². The van der Waals surface area contributed by atoms with Crippen LogP contribution in [0.25, 0.3) is 22.2 Å². The molecule has 1 saturated heterocycles. The zero-order valence-corrected chi connectivity index (χ0v) is 16.9. The van der Waals surface area contributed by atoms with Gasteiger partial charge in [-0.1, -0.05) is 24.3 Å². The Balaban J connectivity index is 1.32. The number of urea groups is 1. The third kappa shape index (κ3) is 3.31. The van der Waals surface area contributed by atoms with Crippen LogP contribution in [-0.4, -0.2) is 55.8 Å². The molecule has 0 unspecified atom stereocenters. The summed E-state index contributed by atoms with van der Waals surface area (Å²) in [4.78, 5) is 43.2. The lowest BCUT2D eigenvalue weighted by atomic mass is 9.80. The van der Waals surface area contributed by atoms with Gasteiger partial charge in [-0.05, 0) is 18.9 Å². The van der Waals surface area contributed by atoms with Gasteiger partial charge in [0, 0.05) is 35.6 Å². The predicted octanol–water partition coefficient (Wildman–Crippen LogP) is 3.31. The van der Waals surface area contributed by atoms with Crippen molar-refractivity contribution in [2.24, 2.45) is 0 Å². The van der Waals surface area contributed by atoms with Gasteiger partial charge in [0.15, 0.2) is 5.78 Å². The Morgan fingerprint density at radius 3 is 2.50 bits per heavy atom. The Hall–Kier alpha value is -3.69. The summed E-state index contributed by atoms with van der Waals surface area (Å²) in [6.45, 7) is -0.447. The van der Waals surface area contributed by atoms with Crippen LogP contribution >= 0.6 is 0 Å². The number of carbonyl (C=O) groups excluding carboxylic acids is 3. The molecule has 0 bridgehead atoms. The molecule has 2 N–H and O–H groups in total. The van der Waals surface area contributed by atoms with Crippen molar-refractivity contribution in [1.82, 2.24) is 25.4 Å². The van der Waals surface area contributed by atoms with E-state index in [1.807, 2.05) is 6.07 Å². The number of aromatic nitrogens is 3. The summed E-state index contributed by atoms with van der Waals surface area (Å²) >= 11 is 0. The Kier molecular flexibility index (Phi) is 4.54. The monoisotopic (exact) mass is 439 g/mol. The second-order valence-corrected chi connectivity index (χ2v) is 8.25. The van der Waals surface area contributed by atoms with Crippen LogP contribution in [0.1, 0.15) is 36.0 Å². The SMILES string of the molecule is O=C(CN1C(=O)NC2(CCC(F)(F)CC2)C1=O)c1ccc(-c2nccc3[nH]ncc23)cc1. The highest BCUT2D eigenvalue weighted by atomic mass is 19.3. The minimum atomic E-state index is -2.84. The van der Waals surface area contributed by atoms with E-state index in [1.165, 1.54) is 0 Å². The molecule has 1 spiro atoms.